The van der Waals surface area contributed by atoms with Gasteiger partial charge in [-0.15, -0.1) is 11.3 Å². The van der Waals surface area contributed by atoms with Crippen LogP contribution in [-0.2, 0) is 12.6 Å². The number of likely N-dealkylation sites (tertiary alicyclic amines) is 1. The van der Waals surface area contributed by atoms with Gasteiger partial charge in [-0.1, -0.05) is 19.1 Å². The smallest absolute Gasteiger partial charge is 0.334 e. The molecule has 1 saturated heterocycles. The summed E-state index contributed by atoms with van der Waals surface area (Å²) in [4.78, 5) is 28.4. The number of aromatic nitrogens is 3. The number of rotatable bonds is 5. The molecule has 0 N–H and O–H groups in total. The minimum Gasteiger partial charge on any atom is -0.334 e. The van der Waals surface area contributed by atoms with Gasteiger partial charge in [0.05, 0.1) is 15.4 Å². The van der Waals surface area contributed by atoms with Gasteiger partial charge in [0.2, 0.25) is 0 Å². The van der Waals surface area contributed by atoms with Crippen LogP contribution in [0.5, 0.6) is 0 Å². The summed E-state index contributed by atoms with van der Waals surface area (Å²) in [5, 5.41) is 0.738. The SMILES string of the molecule is Cc1nc(C(=O)N2CCC[C@H](C)[C@H]2CCc2ncc(C(F)(F)F)cn2)c(-c2ccc(F)cc2)s1. The zero-order valence-electron chi connectivity index (χ0n) is 18.8. The largest absolute Gasteiger partial charge is 0.419 e. The fraction of sp³-hybridized carbons (Fsp3) is 0.417. The summed E-state index contributed by atoms with van der Waals surface area (Å²) in [5.41, 5.74) is 0.195. The minimum atomic E-state index is -4.48. The van der Waals surface area contributed by atoms with Crippen LogP contribution >= 0.6 is 11.3 Å². The van der Waals surface area contributed by atoms with Gasteiger partial charge in [0, 0.05) is 31.4 Å². The normalized spacial score (nSPS) is 18.8. The van der Waals surface area contributed by atoms with Gasteiger partial charge >= 0.3 is 6.18 Å². The third-order valence-electron chi connectivity index (χ3n) is 6.12. The van der Waals surface area contributed by atoms with Crippen LogP contribution in [-0.4, -0.2) is 38.3 Å². The first-order chi connectivity index (χ1) is 16.1. The summed E-state index contributed by atoms with van der Waals surface area (Å²) >= 11 is 1.39. The van der Waals surface area contributed by atoms with Crippen molar-refractivity contribution in [2.45, 2.75) is 51.7 Å². The predicted molar refractivity (Wildman–Crippen MR) is 121 cm³/mol. The van der Waals surface area contributed by atoms with E-state index in [-0.39, 0.29) is 23.7 Å². The molecule has 0 aliphatic carbocycles. The molecule has 5 nitrogen and oxygen atoms in total. The van der Waals surface area contributed by atoms with Crippen molar-refractivity contribution in [3.05, 3.63) is 64.6 Å². The Kier molecular flexibility index (Phi) is 6.97. The fourth-order valence-electron chi connectivity index (χ4n) is 4.35. The summed E-state index contributed by atoms with van der Waals surface area (Å²) in [7, 11) is 0. The van der Waals surface area contributed by atoms with Crippen LogP contribution < -0.4 is 0 Å². The Morgan fingerprint density at radius 1 is 1.18 bits per heavy atom. The van der Waals surface area contributed by atoms with E-state index < -0.39 is 11.7 Å². The Labute approximate surface area is 198 Å². The van der Waals surface area contributed by atoms with E-state index in [2.05, 4.69) is 21.9 Å². The lowest BCUT2D eigenvalue weighted by Gasteiger charge is -2.40. The van der Waals surface area contributed by atoms with Gasteiger partial charge in [-0.2, -0.15) is 13.2 Å². The number of hydrogen-bond donors (Lipinski definition) is 0. The lowest BCUT2D eigenvalue weighted by Crippen LogP contribution is -2.48. The number of piperidine rings is 1. The first-order valence-corrected chi connectivity index (χ1v) is 11.9. The fourth-order valence-corrected chi connectivity index (χ4v) is 5.27. The molecule has 3 aromatic rings. The van der Waals surface area contributed by atoms with Crippen molar-refractivity contribution in [3.8, 4) is 10.4 Å². The highest BCUT2D eigenvalue weighted by Gasteiger charge is 2.35. The molecule has 180 valence electrons. The number of thiazole rings is 1. The van der Waals surface area contributed by atoms with Crippen molar-refractivity contribution in [1.82, 2.24) is 19.9 Å². The van der Waals surface area contributed by atoms with E-state index in [9.17, 15) is 22.4 Å². The lowest BCUT2D eigenvalue weighted by molar-refractivity contribution is -0.138. The molecule has 1 aromatic carbocycles. The molecule has 10 heteroatoms. The van der Waals surface area contributed by atoms with Gasteiger partial charge in [0.1, 0.15) is 17.3 Å². The van der Waals surface area contributed by atoms with Gasteiger partial charge < -0.3 is 4.90 Å². The number of amides is 1. The Morgan fingerprint density at radius 2 is 1.85 bits per heavy atom. The highest BCUT2D eigenvalue weighted by atomic mass is 32.1. The third kappa shape index (κ3) is 5.27. The lowest BCUT2D eigenvalue weighted by atomic mass is 9.87. The van der Waals surface area contributed by atoms with Gasteiger partial charge in [-0.25, -0.2) is 19.3 Å². The van der Waals surface area contributed by atoms with Crippen molar-refractivity contribution in [1.29, 1.82) is 0 Å². The van der Waals surface area contributed by atoms with E-state index in [0.717, 1.165) is 35.8 Å². The van der Waals surface area contributed by atoms with Crippen molar-refractivity contribution >= 4 is 17.2 Å². The first-order valence-electron chi connectivity index (χ1n) is 11.1. The van der Waals surface area contributed by atoms with E-state index in [1.165, 1.54) is 23.5 Å². The maximum Gasteiger partial charge on any atom is 0.419 e. The number of alkyl halides is 3. The van der Waals surface area contributed by atoms with Gasteiger partial charge in [-0.3, -0.25) is 4.79 Å². The highest BCUT2D eigenvalue weighted by molar-refractivity contribution is 7.15. The molecule has 1 aliphatic rings. The molecule has 2 atom stereocenters. The molecule has 4 rings (SSSR count). The maximum absolute atomic E-state index is 13.6. The standard InChI is InChI=1S/C24H24F4N4OS/c1-14-4-3-11-32(19(14)9-10-20-29-12-17(13-30-20)24(26,27)28)23(33)21-22(34-15(2)31-21)16-5-7-18(25)8-6-16/h5-8,12-14,19H,3-4,9-11H2,1-2H3/t14-,19+/m0/s1. The molecule has 1 aliphatic heterocycles. The second-order valence-electron chi connectivity index (χ2n) is 8.53. The molecule has 34 heavy (non-hydrogen) atoms. The maximum atomic E-state index is 13.6. The monoisotopic (exact) mass is 492 g/mol. The van der Waals surface area contributed by atoms with Crippen LogP contribution in [0.25, 0.3) is 10.4 Å². The Balaban J connectivity index is 1.54. The number of hydrogen-bond acceptors (Lipinski definition) is 5. The van der Waals surface area contributed by atoms with Crippen molar-refractivity contribution in [2.75, 3.05) is 6.54 Å². The van der Waals surface area contributed by atoms with Crippen molar-refractivity contribution in [2.24, 2.45) is 5.92 Å². The van der Waals surface area contributed by atoms with E-state index >= 15 is 0 Å². The summed E-state index contributed by atoms with van der Waals surface area (Å²) in [6.07, 6.45) is -0.192. The molecule has 0 radical (unpaired) electrons. The number of nitrogens with zero attached hydrogens (tertiary/aromatic N) is 4. The number of carbonyl (C=O) groups is 1. The molecular weight excluding hydrogens is 468 g/mol. The van der Waals surface area contributed by atoms with Crippen LogP contribution in [0.4, 0.5) is 17.6 Å². The zero-order chi connectivity index (χ0) is 24.5. The van der Waals surface area contributed by atoms with Crippen molar-refractivity contribution in [3.63, 3.8) is 0 Å². The summed E-state index contributed by atoms with van der Waals surface area (Å²) < 4.78 is 51.7. The van der Waals surface area contributed by atoms with E-state index in [4.69, 9.17) is 0 Å². The molecule has 2 aromatic heterocycles. The summed E-state index contributed by atoms with van der Waals surface area (Å²) in [6.45, 7) is 4.47. The molecule has 0 spiro atoms. The van der Waals surface area contributed by atoms with E-state index in [1.807, 2.05) is 11.8 Å². The van der Waals surface area contributed by atoms with E-state index in [0.29, 0.717) is 35.8 Å². The quantitative estimate of drug-likeness (QED) is 0.414. The minimum absolute atomic E-state index is 0.116. The van der Waals surface area contributed by atoms with Crippen LogP contribution in [0.2, 0.25) is 0 Å². The predicted octanol–water partition coefficient (Wildman–Crippen LogP) is 5.94. The Morgan fingerprint density at radius 3 is 2.50 bits per heavy atom. The molecule has 1 amide bonds. The molecule has 0 bridgehead atoms. The van der Waals surface area contributed by atoms with Gasteiger partial charge in [-0.05, 0) is 49.8 Å². The number of halogens is 4. The van der Waals surface area contributed by atoms with Gasteiger partial charge in [0.15, 0.2) is 0 Å². The molecule has 0 unspecified atom stereocenters. The van der Waals surface area contributed by atoms with Crippen molar-refractivity contribution < 1.29 is 22.4 Å². The number of benzene rings is 1. The van der Waals surface area contributed by atoms with Crippen LogP contribution in [0.15, 0.2) is 36.7 Å². The Bertz CT molecular complexity index is 1150. The summed E-state index contributed by atoms with van der Waals surface area (Å²) in [5.74, 6) is -0.0161. The first kappa shape index (κ1) is 24.3. The number of aryl methyl sites for hydroxylation is 2. The molecule has 0 saturated carbocycles. The average Bonchev–Trinajstić information content (AvgIpc) is 3.19. The average molecular weight is 493 g/mol. The topological polar surface area (TPSA) is 59.0 Å². The number of carbonyl (C=O) groups excluding carboxylic acids is 1. The zero-order valence-corrected chi connectivity index (χ0v) is 19.6. The highest BCUT2D eigenvalue weighted by Crippen LogP contribution is 2.34. The second kappa shape index (κ2) is 9.77. The Hall–Kier alpha value is -2.88. The third-order valence-corrected chi connectivity index (χ3v) is 7.14. The van der Waals surface area contributed by atoms with Crippen LogP contribution in [0.1, 0.15) is 53.1 Å². The molecule has 3 heterocycles. The van der Waals surface area contributed by atoms with Crippen LogP contribution in [0, 0.1) is 18.7 Å². The van der Waals surface area contributed by atoms with Gasteiger partial charge in [0.25, 0.3) is 5.91 Å². The molecule has 1 fully saturated rings. The van der Waals surface area contributed by atoms with E-state index in [1.54, 1.807) is 12.1 Å². The molecular formula is C24H24F4N4OS. The van der Waals surface area contributed by atoms with Crippen LogP contribution in [0.3, 0.4) is 0 Å². The second-order valence-corrected chi connectivity index (χ2v) is 9.73. The summed E-state index contributed by atoms with van der Waals surface area (Å²) in [6, 6.07) is 5.87.